The standard InChI is InChI=1S/C23H28N2O6/c1-28-18-8-6-16(14-20(18)30-3)22(26)24-10-5-11-25(13-12-24)23(27)17-7-9-19(29-2)21(15-17)31-4/h6-9,14-15H,5,10-13H2,1-4H3. The minimum Gasteiger partial charge on any atom is -0.493 e. The van der Waals surface area contributed by atoms with Crippen molar-refractivity contribution in [3.63, 3.8) is 0 Å². The summed E-state index contributed by atoms with van der Waals surface area (Å²) in [7, 11) is 6.18. The lowest BCUT2D eigenvalue weighted by Gasteiger charge is -2.23. The van der Waals surface area contributed by atoms with Crippen molar-refractivity contribution in [3.05, 3.63) is 47.5 Å². The van der Waals surface area contributed by atoms with Gasteiger partial charge in [0.05, 0.1) is 28.4 Å². The van der Waals surface area contributed by atoms with E-state index in [0.717, 1.165) is 0 Å². The topological polar surface area (TPSA) is 77.5 Å². The van der Waals surface area contributed by atoms with Crippen LogP contribution in [0.1, 0.15) is 27.1 Å². The molecule has 0 radical (unpaired) electrons. The molecule has 3 rings (SSSR count). The Balaban J connectivity index is 1.70. The average Bonchev–Trinajstić information content (AvgIpc) is 3.08. The van der Waals surface area contributed by atoms with Gasteiger partial charge in [-0.1, -0.05) is 0 Å². The first-order valence-electron chi connectivity index (χ1n) is 10.0. The van der Waals surface area contributed by atoms with Crippen molar-refractivity contribution in [1.29, 1.82) is 0 Å². The molecule has 0 aromatic heterocycles. The fraction of sp³-hybridized carbons (Fsp3) is 0.391. The lowest BCUT2D eigenvalue weighted by molar-refractivity contribution is 0.0718. The van der Waals surface area contributed by atoms with Crippen LogP contribution in [0.3, 0.4) is 0 Å². The summed E-state index contributed by atoms with van der Waals surface area (Å²) < 4.78 is 21.1. The predicted octanol–water partition coefficient (Wildman–Crippen LogP) is 2.71. The number of carbonyl (C=O) groups excluding carboxylic acids is 2. The Hall–Kier alpha value is -3.42. The first-order chi connectivity index (χ1) is 15.0. The van der Waals surface area contributed by atoms with Crippen LogP contribution in [0.5, 0.6) is 23.0 Å². The molecule has 0 N–H and O–H groups in total. The number of carbonyl (C=O) groups is 2. The Morgan fingerprint density at radius 2 is 1.00 bits per heavy atom. The summed E-state index contributed by atoms with van der Waals surface area (Å²) in [4.78, 5) is 29.6. The highest BCUT2D eigenvalue weighted by atomic mass is 16.5. The van der Waals surface area contributed by atoms with Crippen molar-refractivity contribution in [3.8, 4) is 23.0 Å². The molecule has 1 heterocycles. The SMILES string of the molecule is COc1ccc(C(=O)N2CCCN(C(=O)c3ccc(OC)c(OC)c3)CC2)cc1OC. The summed E-state index contributed by atoms with van der Waals surface area (Å²) in [5.74, 6) is 1.97. The summed E-state index contributed by atoms with van der Waals surface area (Å²) in [6.07, 6.45) is 0.693. The van der Waals surface area contributed by atoms with E-state index >= 15 is 0 Å². The molecule has 1 fully saturated rings. The van der Waals surface area contributed by atoms with Crippen LogP contribution in [-0.4, -0.2) is 76.2 Å². The third kappa shape index (κ3) is 4.84. The maximum Gasteiger partial charge on any atom is 0.254 e. The zero-order valence-corrected chi connectivity index (χ0v) is 18.3. The smallest absolute Gasteiger partial charge is 0.254 e. The van der Waals surface area contributed by atoms with E-state index in [-0.39, 0.29) is 11.8 Å². The Labute approximate surface area is 182 Å². The van der Waals surface area contributed by atoms with E-state index in [2.05, 4.69) is 0 Å². The van der Waals surface area contributed by atoms with Crippen LogP contribution in [0.4, 0.5) is 0 Å². The van der Waals surface area contributed by atoms with Gasteiger partial charge < -0.3 is 28.7 Å². The van der Waals surface area contributed by atoms with Crippen molar-refractivity contribution in [2.24, 2.45) is 0 Å². The summed E-state index contributed by atoms with van der Waals surface area (Å²) in [6, 6.07) is 10.2. The number of nitrogens with zero attached hydrogens (tertiary/aromatic N) is 2. The summed E-state index contributed by atoms with van der Waals surface area (Å²) >= 11 is 0. The lowest BCUT2D eigenvalue weighted by Crippen LogP contribution is -2.37. The zero-order chi connectivity index (χ0) is 22.4. The minimum absolute atomic E-state index is 0.0960. The second-order valence-electron chi connectivity index (χ2n) is 7.08. The molecular formula is C23H28N2O6. The zero-order valence-electron chi connectivity index (χ0n) is 18.3. The monoisotopic (exact) mass is 428 g/mol. The predicted molar refractivity (Wildman–Crippen MR) is 116 cm³/mol. The van der Waals surface area contributed by atoms with E-state index in [1.807, 2.05) is 0 Å². The fourth-order valence-electron chi connectivity index (χ4n) is 3.63. The molecule has 0 unspecified atom stereocenters. The number of hydrogen-bond donors (Lipinski definition) is 0. The highest BCUT2D eigenvalue weighted by molar-refractivity contribution is 5.96. The van der Waals surface area contributed by atoms with Crippen molar-refractivity contribution >= 4 is 11.8 Å². The lowest BCUT2D eigenvalue weighted by atomic mass is 10.1. The van der Waals surface area contributed by atoms with E-state index < -0.39 is 0 Å². The molecule has 0 aliphatic carbocycles. The fourth-order valence-corrected chi connectivity index (χ4v) is 3.63. The van der Waals surface area contributed by atoms with Gasteiger partial charge in [-0.05, 0) is 42.8 Å². The van der Waals surface area contributed by atoms with Gasteiger partial charge >= 0.3 is 0 Å². The van der Waals surface area contributed by atoms with Crippen LogP contribution < -0.4 is 18.9 Å². The molecule has 166 valence electrons. The van der Waals surface area contributed by atoms with Gasteiger partial charge in [0, 0.05) is 37.3 Å². The molecule has 2 aromatic rings. The first-order valence-corrected chi connectivity index (χ1v) is 10.0. The molecule has 2 amide bonds. The molecular weight excluding hydrogens is 400 g/mol. The molecule has 2 aromatic carbocycles. The minimum atomic E-state index is -0.0960. The Morgan fingerprint density at radius 1 is 0.613 bits per heavy atom. The molecule has 0 bridgehead atoms. The van der Waals surface area contributed by atoms with Crippen molar-refractivity contribution in [2.45, 2.75) is 6.42 Å². The van der Waals surface area contributed by atoms with Gasteiger partial charge in [0.15, 0.2) is 23.0 Å². The number of methoxy groups -OCH3 is 4. The second-order valence-corrected chi connectivity index (χ2v) is 7.08. The average molecular weight is 428 g/mol. The Bertz CT molecular complexity index is 870. The summed E-state index contributed by atoms with van der Waals surface area (Å²) in [6.45, 7) is 2.05. The van der Waals surface area contributed by atoms with E-state index in [4.69, 9.17) is 18.9 Å². The molecule has 0 atom stereocenters. The van der Waals surface area contributed by atoms with E-state index in [1.165, 1.54) is 14.2 Å². The van der Waals surface area contributed by atoms with E-state index in [0.29, 0.717) is 66.7 Å². The quantitative estimate of drug-likeness (QED) is 0.704. The van der Waals surface area contributed by atoms with Crippen LogP contribution in [0.15, 0.2) is 36.4 Å². The largest absolute Gasteiger partial charge is 0.493 e. The highest BCUT2D eigenvalue weighted by Gasteiger charge is 2.25. The van der Waals surface area contributed by atoms with Crippen molar-refractivity contribution in [1.82, 2.24) is 9.80 Å². The molecule has 0 saturated carbocycles. The van der Waals surface area contributed by atoms with Crippen molar-refractivity contribution in [2.75, 3.05) is 54.6 Å². The van der Waals surface area contributed by atoms with Gasteiger partial charge in [0.25, 0.3) is 11.8 Å². The maximum atomic E-state index is 13.0. The van der Waals surface area contributed by atoms with Gasteiger partial charge in [0.2, 0.25) is 0 Å². The first kappa shape index (κ1) is 22.3. The maximum absolute atomic E-state index is 13.0. The Morgan fingerprint density at radius 3 is 1.35 bits per heavy atom. The Kier molecular flexibility index (Phi) is 7.23. The normalized spacial score (nSPS) is 13.9. The van der Waals surface area contributed by atoms with E-state index in [1.54, 1.807) is 60.4 Å². The van der Waals surface area contributed by atoms with Gasteiger partial charge in [-0.2, -0.15) is 0 Å². The highest BCUT2D eigenvalue weighted by Crippen LogP contribution is 2.29. The van der Waals surface area contributed by atoms with Gasteiger partial charge in [0.1, 0.15) is 0 Å². The number of ether oxygens (including phenoxy) is 4. The van der Waals surface area contributed by atoms with Gasteiger partial charge in [-0.25, -0.2) is 0 Å². The number of amides is 2. The summed E-state index contributed by atoms with van der Waals surface area (Å²) in [5.41, 5.74) is 1.05. The molecule has 0 spiro atoms. The molecule has 1 saturated heterocycles. The van der Waals surface area contributed by atoms with Crippen LogP contribution in [-0.2, 0) is 0 Å². The molecule has 8 nitrogen and oxygen atoms in total. The third-order valence-electron chi connectivity index (χ3n) is 5.33. The molecule has 31 heavy (non-hydrogen) atoms. The van der Waals surface area contributed by atoms with Crippen LogP contribution in [0.25, 0.3) is 0 Å². The second kappa shape index (κ2) is 10.1. The molecule has 1 aliphatic rings. The van der Waals surface area contributed by atoms with Crippen LogP contribution in [0.2, 0.25) is 0 Å². The number of hydrogen-bond acceptors (Lipinski definition) is 6. The van der Waals surface area contributed by atoms with Crippen LogP contribution in [0, 0.1) is 0 Å². The third-order valence-corrected chi connectivity index (χ3v) is 5.33. The summed E-state index contributed by atoms with van der Waals surface area (Å²) in [5, 5.41) is 0. The van der Waals surface area contributed by atoms with Crippen molar-refractivity contribution < 1.29 is 28.5 Å². The van der Waals surface area contributed by atoms with E-state index in [9.17, 15) is 9.59 Å². The number of rotatable bonds is 6. The molecule has 1 aliphatic heterocycles. The molecule has 8 heteroatoms. The van der Waals surface area contributed by atoms with Crippen LogP contribution >= 0.6 is 0 Å². The van der Waals surface area contributed by atoms with Gasteiger partial charge in [-0.3, -0.25) is 9.59 Å². The number of benzene rings is 2. The van der Waals surface area contributed by atoms with Gasteiger partial charge in [-0.15, -0.1) is 0 Å².